The van der Waals surface area contributed by atoms with E-state index in [0.29, 0.717) is 5.56 Å². The number of ether oxygens (including phenoxy) is 1. The Morgan fingerprint density at radius 1 is 1.11 bits per heavy atom. The number of hydrogen-bond acceptors (Lipinski definition) is 5. The molecular formula is C19H18FNO5S. The number of carbonyl (C=O) groups is 2. The van der Waals surface area contributed by atoms with Crippen LogP contribution in [0.1, 0.15) is 22.8 Å². The first-order chi connectivity index (χ1) is 12.8. The van der Waals surface area contributed by atoms with Gasteiger partial charge in [0.25, 0.3) is 0 Å². The molecule has 0 heterocycles. The maximum atomic E-state index is 12.9. The molecule has 142 valence electrons. The monoisotopic (exact) mass is 391 g/mol. The van der Waals surface area contributed by atoms with Crippen LogP contribution in [-0.4, -0.2) is 32.8 Å². The van der Waals surface area contributed by atoms with Crippen LogP contribution in [-0.2, 0) is 19.6 Å². The van der Waals surface area contributed by atoms with Gasteiger partial charge in [-0.05, 0) is 42.8 Å². The second-order valence-electron chi connectivity index (χ2n) is 5.58. The van der Waals surface area contributed by atoms with E-state index in [1.165, 1.54) is 25.1 Å². The molecule has 0 bridgehead atoms. The zero-order valence-corrected chi connectivity index (χ0v) is 15.3. The summed E-state index contributed by atoms with van der Waals surface area (Å²) in [6.07, 6.45) is 0.251. The summed E-state index contributed by atoms with van der Waals surface area (Å²) >= 11 is 0. The second kappa shape index (κ2) is 9.20. The van der Waals surface area contributed by atoms with Gasteiger partial charge < -0.3 is 4.74 Å². The van der Waals surface area contributed by atoms with Crippen molar-refractivity contribution in [2.24, 2.45) is 0 Å². The minimum atomic E-state index is -3.85. The number of sulfonamides is 1. The molecule has 8 heteroatoms. The average molecular weight is 391 g/mol. The molecule has 1 N–H and O–H groups in total. The van der Waals surface area contributed by atoms with Gasteiger partial charge in [0, 0.05) is 11.0 Å². The molecule has 0 aliphatic carbocycles. The Hall–Kier alpha value is -2.84. The Morgan fingerprint density at radius 3 is 2.37 bits per heavy atom. The van der Waals surface area contributed by atoms with E-state index in [1.54, 1.807) is 30.3 Å². The largest absolute Gasteiger partial charge is 0.453 e. The number of esters is 1. The van der Waals surface area contributed by atoms with Crippen molar-refractivity contribution in [2.75, 3.05) is 6.54 Å². The minimum Gasteiger partial charge on any atom is -0.453 e. The SMILES string of the molecule is C[C@@H](OC(=O)CNS(=O)(=O)/C=C/c1ccccc1)C(=O)c1ccc(F)cc1. The molecule has 0 unspecified atom stereocenters. The van der Waals surface area contributed by atoms with Crippen LogP contribution >= 0.6 is 0 Å². The Labute approximate surface area is 156 Å². The highest BCUT2D eigenvalue weighted by atomic mass is 32.2. The van der Waals surface area contributed by atoms with Crippen molar-refractivity contribution in [3.8, 4) is 0 Å². The van der Waals surface area contributed by atoms with E-state index in [-0.39, 0.29) is 5.56 Å². The van der Waals surface area contributed by atoms with Crippen molar-refractivity contribution in [3.63, 3.8) is 0 Å². The first-order valence-corrected chi connectivity index (χ1v) is 9.53. The van der Waals surface area contributed by atoms with Crippen molar-refractivity contribution < 1.29 is 27.1 Å². The van der Waals surface area contributed by atoms with E-state index in [0.717, 1.165) is 17.5 Å². The van der Waals surface area contributed by atoms with Crippen molar-refractivity contribution in [3.05, 3.63) is 76.9 Å². The normalized spacial score (nSPS) is 12.7. The number of ketones is 1. The fourth-order valence-electron chi connectivity index (χ4n) is 2.08. The van der Waals surface area contributed by atoms with Gasteiger partial charge in [-0.1, -0.05) is 30.3 Å². The predicted molar refractivity (Wildman–Crippen MR) is 98.7 cm³/mol. The van der Waals surface area contributed by atoms with E-state index in [4.69, 9.17) is 4.74 Å². The fraction of sp³-hybridized carbons (Fsp3) is 0.158. The molecule has 1 atom stereocenters. The highest BCUT2D eigenvalue weighted by Gasteiger charge is 2.20. The fourth-order valence-corrected chi connectivity index (χ4v) is 2.83. The summed E-state index contributed by atoms with van der Waals surface area (Å²) in [7, 11) is -3.85. The average Bonchev–Trinajstić information content (AvgIpc) is 2.66. The first kappa shape index (κ1) is 20.5. The van der Waals surface area contributed by atoms with Gasteiger partial charge in [0.2, 0.25) is 15.8 Å². The van der Waals surface area contributed by atoms with Crippen LogP contribution in [0.5, 0.6) is 0 Å². The smallest absolute Gasteiger partial charge is 0.321 e. The Morgan fingerprint density at radius 2 is 1.74 bits per heavy atom. The number of benzene rings is 2. The zero-order valence-electron chi connectivity index (χ0n) is 14.5. The van der Waals surface area contributed by atoms with E-state index >= 15 is 0 Å². The summed E-state index contributed by atoms with van der Waals surface area (Å²) in [4.78, 5) is 23.9. The van der Waals surface area contributed by atoms with Gasteiger partial charge in [-0.25, -0.2) is 17.5 Å². The van der Waals surface area contributed by atoms with Crippen LogP contribution in [0.4, 0.5) is 4.39 Å². The highest BCUT2D eigenvalue weighted by molar-refractivity contribution is 7.92. The summed E-state index contributed by atoms with van der Waals surface area (Å²) in [6, 6.07) is 13.6. The highest BCUT2D eigenvalue weighted by Crippen LogP contribution is 2.08. The number of hydrogen-bond donors (Lipinski definition) is 1. The summed E-state index contributed by atoms with van der Waals surface area (Å²) in [5, 5.41) is 0.933. The van der Waals surface area contributed by atoms with Crippen molar-refractivity contribution in [2.45, 2.75) is 13.0 Å². The number of rotatable bonds is 8. The number of Topliss-reactive ketones (excluding diaryl/α,β-unsaturated/α-hetero) is 1. The Balaban J connectivity index is 1.86. The standard InChI is InChI=1S/C19H18FNO5S/c1-14(19(23)16-7-9-17(20)10-8-16)26-18(22)13-21-27(24,25)12-11-15-5-3-2-4-6-15/h2-12,14,21H,13H2,1H3/b12-11+/t14-/m1/s1. The second-order valence-corrected chi connectivity index (χ2v) is 7.23. The van der Waals surface area contributed by atoms with Crippen molar-refractivity contribution in [1.82, 2.24) is 4.72 Å². The molecule has 0 aromatic heterocycles. The van der Waals surface area contributed by atoms with Crippen LogP contribution in [0, 0.1) is 5.82 Å². The first-order valence-electron chi connectivity index (χ1n) is 7.99. The lowest BCUT2D eigenvalue weighted by Crippen LogP contribution is -2.33. The lowest BCUT2D eigenvalue weighted by Gasteiger charge is -2.12. The van der Waals surface area contributed by atoms with Gasteiger partial charge in [-0.2, -0.15) is 0 Å². The molecule has 0 saturated heterocycles. The third-order valence-electron chi connectivity index (χ3n) is 3.46. The summed E-state index contributed by atoms with van der Waals surface area (Å²) in [5.74, 6) is -1.92. The number of carbonyl (C=O) groups excluding carboxylic acids is 2. The molecule has 0 spiro atoms. The van der Waals surface area contributed by atoms with Crippen molar-refractivity contribution in [1.29, 1.82) is 0 Å². The topological polar surface area (TPSA) is 89.5 Å². The van der Waals surface area contributed by atoms with Crippen molar-refractivity contribution >= 4 is 27.9 Å². The predicted octanol–water partition coefficient (Wildman–Crippen LogP) is 2.53. The summed E-state index contributed by atoms with van der Waals surface area (Å²) < 4.78 is 43.6. The summed E-state index contributed by atoms with van der Waals surface area (Å²) in [6.45, 7) is 0.732. The zero-order chi connectivity index (χ0) is 19.9. The third kappa shape index (κ3) is 6.76. The van der Waals surface area contributed by atoms with Gasteiger partial charge in [0.15, 0.2) is 6.10 Å². The molecule has 0 saturated carbocycles. The lowest BCUT2D eigenvalue weighted by atomic mass is 10.1. The van der Waals surface area contributed by atoms with Crippen LogP contribution in [0.3, 0.4) is 0 Å². The molecule has 0 amide bonds. The van der Waals surface area contributed by atoms with Crippen LogP contribution in [0.25, 0.3) is 6.08 Å². The van der Waals surface area contributed by atoms with Gasteiger partial charge >= 0.3 is 5.97 Å². The molecular weight excluding hydrogens is 373 g/mol. The quantitative estimate of drug-likeness (QED) is 0.552. The molecule has 0 radical (unpaired) electrons. The Bertz CT molecular complexity index is 924. The van der Waals surface area contributed by atoms with Crippen LogP contribution < -0.4 is 4.72 Å². The number of halogens is 1. The molecule has 0 aliphatic rings. The molecule has 2 aromatic carbocycles. The number of nitrogens with one attached hydrogen (secondary N) is 1. The molecule has 2 aromatic rings. The van der Waals surface area contributed by atoms with E-state index < -0.39 is 40.2 Å². The van der Waals surface area contributed by atoms with Gasteiger partial charge in [-0.15, -0.1) is 0 Å². The van der Waals surface area contributed by atoms with Crippen LogP contribution in [0.2, 0.25) is 0 Å². The van der Waals surface area contributed by atoms with Gasteiger partial charge in [0.1, 0.15) is 12.4 Å². The maximum absolute atomic E-state index is 12.9. The van der Waals surface area contributed by atoms with Crippen LogP contribution in [0.15, 0.2) is 60.0 Å². The van der Waals surface area contributed by atoms with Gasteiger partial charge in [-0.3, -0.25) is 9.59 Å². The molecule has 6 nitrogen and oxygen atoms in total. The summed E-state index contributed by atoms with van der Waals surface area (Å²) in [5.41, 5.74) is 0.868. The Kier molecular flexibility index (Phi) is 6.98. The van der Waals surface area contributed by atoms with E-state index in [9.17, 15) is 22.4 Å². The maximum Gasteiger partial charge on any atom is 0.321 e. The van der Waals surface area contributed by atoms with E-state index in [2.05, 4.69) is 4.72 Å². The van der Waals surface area contributed by atoms with Gasteiger partial charge in [0.05, 0.1) is 0 Å². The molecule has 2 rings (SSSR count). The lowest BCUT2D eigenvalue weighted by molar-refractivity contribution is -0.144. The molecule has 27 heavy (non-hydrogen) atoms. The van der Waals surface area contributed by atoms with E-state index in [1.807, 2.05) is 0 Å². The third-order valence-corrected chi connectivity index (χ3v) is 4.50. The molecule has 0 aliphatic heterocycles. The molecule has 0 fully saturated rings. The minimum absolute atomic E-state index is 0.183.